The van der Waals surface area contributed by atoms with Gasteiger partial charge in [-0.1, -0.05) is 19.0 Å². The summed E-state index contributed by atoms with van der Waals surface area (Å²) in [7, 11) is 0. The van der Waals surface area contributed by atoms with Crippen LogP contribution in [0.4, 0.5) is 0 Å². The second kappa shape index (κ2) is 5.72. The van der Waals surface area contributed by atoms with Crippen molar-refractivity contribution in [2.75, 3.05) is 19.8 Å². The van der Waals surface area contributed by atoms with Gasteiger partial charge in [0.2, 0.25) is 5.89 Å². The highest BCUT2D eigenvalue weighted by Gasteiger charge is 2.20. The van der Waals surface area contributed by atoms with Gasteiger partial charge in [0.1, 0.15) is 6.04 Å². The van der Waals surface area contributed by atoms with Crippen LogP contribution in [0.3, 0.4) is 0 Å². The van der Waals surface area contributed by atoms with Gasteiger partial charge in [-0.3, -0.25) is 0 Å². The van der Waals surface area contributed by atoms with E-state index in [9.17, 15) is 0 Å². The monoisotopic (exact) mass is 199 g/mol. The number of hydrogen-bond donors (Lipinski definition) is 1. The van der Waals surface area contributed by atoms with Crippen LogP contribution in [-0.4, -0.2) is 29.9 Å². The van der Waals surface area contributed by atoms with Crippen molar-refractivity contribution < 1.29 is 9.26 Å². The molecule has 2 rings (SSSR count). The summed E-state index contributed by atoms with van der Waals surface area (Å²) in [5.74, 6) is 1.28. The summed E-state index contributed by atoms with van der Waals surface area (Å²) in [5, 5.41) is 6.94. The van der Waals surface area contributed by atoms with E-state index < -0.39 is 0 Å². The van der Waals surface area contributed by atoms with Crippen molar-refractivity contribution in [1.29, 1.82) is 0 Å². The first kappa shape index (κ1) is 11.1. The normalized spacial score (nSPS) is 21.2. The summed E-state index contributed by atoms with van der Waals surface area (Å²) in [6.45, 7) is 8.01. The molecule has 1 aromatic heterocycles. The number of nitrogens with one attached hydrogen (secondary N) is 1. The number of rotatable bonds is 1. The molecule has 0 aliphatic carbocycles. The van der Waals surface area contributed by atoms with E-state index in [4.69, 9.17) is 9.26 Å². The van der Waals surface area contributed by atoms with Gasteiger partial charge in [-0.15, -0.1) is 0 Å². The zero-order valence-electron chi connectivity index (χ0n) is 8.91. The second-order valence-corrected chi connectivity index (χ2v) is 2.76. The van der Waals surface area contributed by atoms with Gasteiger partial charge in [-0.25, -0.2) is 0 Å². The Labute approximate surface area is 83.8 Å². The van der Waals surface area contributed by atoms with Gasteiger partial charge in [0.05, 0.1) is 13.2 Å². The molecule has 0 radical (unpaired) electrons. The Kier molecular flexibility index (Phi) is 4.55. The van der Waals surface area contributed by atoms with Crippen molar-refractivity contribution in [2.24, 2.45) is 0 Å². The van der Waals surface area contributed by atoms with Crippen LogP contribution in [-0.2, 0) is 4.74 Å². The number of hydrogen-bond acceptors (Lipinski definition) is 5. The standard InChI is InChI=1S/C7H11N3O2.C2H6/c1-5-9-7(12-10-5)6-4-11-3-2-8-6;1-2/h6,8H,2-4H2,1H3;1-2H3. The smallest absolute Gasteiger partial charge is 0.246 e. The summed E-state index contributed by atoms with van der Waals surface area (Å²) in [6, 6.07) is 0.0694. The first-order valence-corrected chi connectivity index (χ1v) is 4.97. The van der Waals surface area contributed by atoms with Crippen molar-refractivity contribution in [3.8, 4) is 0 Å². The second-order valence-electron chi connectivity index (χ2n) is 2.76. The Hall–Kier alpha value is -0.940. The molecule has 1 unspecified atom stereocenters. The van der Waals surface area contributed by atoms with Gasteiger partial charge in [-0.05, 0) is 6.92 Å². The Bertz CT molecular complexity index is 256. The third-order valence-corrected chi connectivity index (χ3v) is 1.76. The fourth-order valence-electron chi connectivity index (χ4n) is 1.18. The van der Waals surface area contributed by atoms with Crippen molar-refractivity contribution >= 4 is 0 Å². The van der Waals surface area contributed by atoms with Crippen LogP contribution in [0.2, 0.25) is 0 Å². The van der Waals surface area contributed by atoms with Crippen molar-refractivity contribution in [2.45, 2.75) is 26.8 Å². The number of aryl methyl sites for hydroxylation is 1. The van der Waals surface area contributed by atoms with Gasteiger partial charge >= 0.3 is 0 Å². The van der Waals surface area contributed by atoms with Crippen LogP contribution in [0.15, 0.2) is 4.52 Å². The maximum absolute atomic E-state index is 5.26. The zero-order chi connectivity index (χ0) is 10.4. The molecule has 1 fully saturated rings. The molecule has 0 spiro atoms. The van der Waals surface area contributed by atoms with Crippen molar-refractivity contribution in [1.82, 2.24) is 15.5 Å². The molecule has 1 aliphatic heterocycles. The molecule has 1 aliphatic rings. The Morgan fingerprint density at radius 1 is 1.43 bits per heavy atom. The molecule has 1 N–H and O–H groups in total. The molecule has 0 saturated carbocycles. The molecule has 2 heterocycles. The van der Waals surface area contributed by atoms with E-state index in [1.165, 1.54) is 0 Å². The molecule has 0 bridgehead atoms. The number of nitrogens with zero attached hydrogens (tertiary/aromatic N) is 2. The van der Waals surface area contributed by atoms with Gasteiger partial charge in [0, 0.05) is 6.54 Å². The first-order valence-electron chi connectivity index (χ1n) is 4.97. The Morgan fingerprint density at radius 3 is 2.71 bits per heavy atom. The minimum atomic E-state index is 0.0694. The lowest BCUT2D eigenvalue weighted by atomic mass is 10.3. The van der Waals surface area contributed by atoms with Crippen LogP contribution in [0.1, 0.15) is 31.6 Å². The zero-order valence-corrected chi connectivity index (χ0v) is 8.91. The maximum atomic E-state index is 5.26. The van der Waals surface area contributed by atoms with Gasteiger partial charge < -0.3 is 14.6 Å². The number of morpholine rings is 1. The summed E-state index contributed by atoms with van der Waals surface area (Å²) >= 11 is 0. The largest absolute Gasteiger partial charge is 0.378 e. The van der Waals surface area contributed by atoms with E-state index in [1.54, 1.807) is 6.92 Å². The highest BCUT2D eigenvalue weighted by Crippen LogP contribution is 2.12. The minimum Gasteiger partial charge on any atom is -0.378 e. The molecule has 5 heteroatoms. The molecule has 14 heavy (non-hydrogen) atoms. The van der Waals surface area contributed by atoms with E-state index in [0.717, 1.165) is 13.2 Å². The van der Waals surface area contributed by atoms with E-state index in [1.807, 2.05) is 13.8 Å². The fraction of sp³-hybridized carbons (Fsp3) is 0.778. The van der Waals surface area contributed by atoms with Crippen LogP contribution in [0.25, 0.3) is 0 Å². The molecular formula is C9H17N3O2. The molecule has 1 aromatic rings. The van der Waals surface area contributed by atoms with Crippen LogP contribution in [0, 0.1) is 6.92 Å². The summed E-state index contributed by atoms with van der Waals surface area (Å²) in [4.78, 5) is 4.11. The van der Waals surface area contributed by atoms with Gasteiger partial charge in [0.25, 0.3) is 0 Å². The highest BCUT2D eigenvalue weighted by molar-refractivity contribution is 4.92. The lowest BCUT2D eigenvalue weighted by molar-refractivity contribution is 0.0659. The summed E-state index contributed by atoms with van der Waals surface area (Å²) in [6.07, 6.45) is 0. The van der Waals surface area contributed by atoms with E-state index >= 15 is 0 Å². The predicted molar refractivity (Wildman–Crippen MR) is 51.9 cm³/mol. The van der Waals surface area contributed by atoms with E-state index in [2.05, 4.69) is 15.5 Å². The summed E-state index contributed by atoms with van der Waals surface area (Å²) < 4.78 is 10.3. The van der Waals surface area contributed by atoms with Crippen LogP contribution in [0.5, 0.6) is 0 Å². The number of ether oxygens (including phenoxy) is 1. The minimum absolute atomic E-state index is 0.0694. The SMILES string of the molecule is CC.Cc1noc(C2COCCN2)n1. The molecule has 1 saturated heterocycles. The predicted octanol–water partition coefficient (Wildman–Crippen LogP) is 1.07. The molecule has 0 amide bonds. The van der Waals surface area contributed by atoms with Crippen molar-refractivity contribution in [3.05, 3.63) is 11.7 Å². The third kappa shape index (κ3) is 2.78. The molecule has 0 aromatic carbocycles. The summed E-state index contributed by atoms with van der Waals surface area (Å²) in [5.41, 5.74) is 0. The Balaban J connectivity index is 0.000000461. The lowest BCUT2D eigenvalue weighted by Crippen LogP contribution is -2.34. The van der Waals surface area contributed by atoms with Crippen LogP contribution >= 0.6 is 0 Å². The highest BCUT2D eigenvalue weighted by atomic mass is 16.5. The molecule has 80 valence electrons. The van der Waals surface area contributed by atoms with Crippen LogP contribution < -0.4 is 5.32 Å². The van der Waals surface area contributed by atoms with E-state index in [0.29, 0.717) is 18.3 Å². The van der Waals surface area contributed by atoms with Gasteiger partial charge in [-0.2, -0.15) is 4.98 Å². The lowest BCUT2D eigenvalue weighted by Gasteiger charge is -2.20. The van der Waals surface area contributed by atoms with E-state index in [-0.39, 0.29) is 6.04 Å². The van der Waals surface area contributed by atoms with Gasteiger partial charge in [0.15, 0.2) is 5.82 Å². The molecule has 1 atom stereocenters. The third-order valence-electron chi connectivity index (χ3n) is 1.76. The quantitative estimate of drug-likeness (QED) is 0.733. The average Bonchev–Trinajstić information content (AvgIpc) is 2.69. The first-order chi connectivity index (χ1) is 6.86. The molecular weight excluding hydrogens is 182 g/mol. The maximum Gasteiger partial charge on any atom is 0.246 e. The van der Waals surface area contributed by atoms with Crippen molar-refractivity contribution in [3.63, 3.8) is 0 Å². The molecule has 5 nitrogen and oxygen atoms in total. The Morgan fingerprint density at radius 2 is 2.21 bits per heavy atom. The fourth-order valence-corrected chi connectivity index (χ4v) is 1.18. The average molecular weight is 199 g/mol. The number of aromatic nitrogens is 2. The topological polar surface area (TPSA) is 60.2 Å².